The highest BCUT2D eigenvalue weighted by atomic mass is 16.6. The van der Waals surface area contributed by atoms with Gasteiger partial charge in [-0.3, -0.25) is 24.5 Å². The molecule has 0 saturated heterocycles. The van der Waals surface area contributed by atoms with Crippen molar-refractivity contribution in [2.45, 2.75) is 6.92 Å². The van der Waals surface area contributed by atoms with Gasteiger partial charge in [-0.2, -0.15) is 0 Å². The van der Waals surface area contributed by atoms with Gasteiger partial charge in [0.25, 0.3) is 17.5 Å². The van der Waals surface area contributed by atoms with Gasteiger partial charge in [-0.15, -0.1) is 0 Å². The smallest absolute Gasteiger partial charge is 0.270 e. The number of aryl methyl sites for hydroxylation is 1. The Hall–Kier alpha value is -4.66. The molecule has 0 atom stereocenters. The van der Waals surface area contributed by atoms with Crippen LogP contribution in [0, 0.1) is 17.0 Å². The van der Waals surface area contributed by atoms with E-state index in [2.05, 4.69) is 0 Å². The average Bonchev–Trinajstić information content (AvgIpc) is 3.03. The lowest BCUT2D eigenvalue weighted by Gasteiger charge is -2.18. The number of nitrogens with zero attached hydrogens (tertiary/aromatic N) is 2. The van der Waals surface area contributed by atoms with Crippen LogP contribution in [0.4, 0.5) is 11.4 Å². The van der Waals surface area contributed by atoms with Gasteiger partial charge in [0.15, 0.2) is 5.78 Å². The summed E-state index contributed by atoms with van der Waals surface area (Å²) in [6.07, 6.45) is 0. The fourth-order valence-electron chi connectivity index (χ4n) is 3.51. The first-order valence-corrected chi connectivity index (χ1v) is 9.33. The Labute approximate surface area is 180 Å². The van der Waals surface area contributed by atoms with Crippen LogP contribution in [0.2, 0.25) is 0 Å². The second kappa shape index (κ2) is 7.55. The van der Waals surface area contributed by atoms with E-state index in [1.807, 2.05) is 0 Å². The van der Waals surface area contributed by atoms with Gasteiger partial charge in [-0.05, 0) is 36.2 Å². The summed E-state index contributed by atoms with van der Waals surface area (Å²) in [6.45, 7) is 1.62. The molecule has 0 N–H and O–H groups in total. The molecule has 0 bridgehead atoms. The molecule has 3 aromatic rings. The van der Waals surface area contributed by atoms with E-state index >= 15 is 0 Å². The highest BCUT2D eigenvalue weighted by Gasteiger charge is 2.38. The monoisotopic (exact) mass is 429 g/mol. The third kappa shape index (κ3) is 3.31. The Morgan fingerprint density at radius 1 is 0.844 bits per heavy atom. The number of hydrogen-bond acceptors (Lipinski definition) is 7. The molecule has 3 aromatic carbocycles. The topological polar surface area (TPSA) is 138 Å². The lowest BCUT2D eigenvalue weighted by Crippen LogP contribution is -2.31. The highest BCUT2D eigenvalue weighted by Crippen LogP contribution is 2.32. The maximum absolute atomic E-state index is 13.0. The van der Waals surface area contributed by atoms with Crippen LogP contribution in [0.5, 0.6) is 0 Å². The lowest BCUT2D eigenvalue weighted by atomic mass is 9.99. The van der Waals surface area contributed by atoms with Crippen LogP contribution >= 0.6 is 0 Å². The SMILES string of the molecule is Cc1ccc(C(=O)[O-])cc1N1C(=O)c2ccc(C(=O)c3cccc([N+](=O)[O-])c3)cc2C1=O. The first kappa shape index (κ1) is 20.6. The molecule has 9 heteroatoms. The fraction of sp³-hybridized carbons (Fsp3) is 0.0435. The van der Waals surface area contributed by atoms with E-state index in [4.69, 9.17) is 0 Å². The second-order valence-corrected chi connectivity index (χ2v) is 7.13. The van der Waals surface area contributed by atoms with Gasteiger partial charge in [0.05, 0.1) is 27.7 Å². The van der Waals surface area contributed by atoms with Crippen LogP contribution in [0.25, 0.3) is 0 Å². The first-order chi connectivity index (χ1) is 15.2. The van der Waals surface area contributed by atoms with Gasteiger partial charge in [-0.1, -0.05) is 30.3 Å². The van der Waals surface area contributed by atoms with Crippen molar-refractivity contribution in [2.75, 3.05) is 4.90 Å². The Kier molecular flexibility index (Phi) is 4.86. The molecule has 0 spiro atoms. The number of non-ortho nitro benzene ring substituents is 1. The van der Waals surface area contributed by atoms with Crippen LogP contribution in [-0.2, 0) is 0 Å². The van der Waals surface area contributed by atoms with Crippen LogP contribution in [-0.4, -0.2) is 28.5 Å². The summed E-state index contributed by atoms with van der Waals surface area (Å²) in [5.41, 5.74) is 0.328. The largest absolute Gasteiger partial charge is 0.545 e. The number of hydrogen-bond donors (Lipinski definition) is 0. The predicted molar refractivity (Wildman–Crippen MR) is 110 cm³/mol. The normalized spacial score (nSPS) is 12.6. The minimum Gasteiger partial charge on any atom is -0.545 e. The molecule has 1 aliphatic heterocycles. The molecule has 1 aliphatic rings. The minimum atomic E-state index is -1.45. The molecule has 0 unspecified atom stereocenters. The number of anilines is 1. The summed E-state index contributed by atoms with van der Waals surface area (Å²) in [7, 11) is 0. The van der Waals surface area contributed by atoms with E-state index in [0.29, 0.717) is 5.56 Å². The number of nitro benzene ring substituents is 1. The van der Waals surface area contributed by atoms with E-state index < -0.39 is 28.5 Å². The Bertz CT molecular complexity index is 1360. The molecular weight excluding hydrogens is 416 g/mol. The quantitative estimate of drug-likeness (QED) is 0.262. The molecule has 1 heterocycles. The zero-order valence-electron chi connectivity index (χ0n) is 16.5. The Morgan fingerprint density at radius 3 is 2.19 bits per heavy atom. The molecule has 0 aromatic heterocycles. The van der Waals surface area contributed by atoms with Crippen molar-refractivity contribution in [3.63, 3.8) is 0 Å². The van der Waals surface area contributed by atoms with Gasteiger partial charge in [0, 0.05) is 23.3 Å². The Balaban J connectivity index is 1.74. The number of amides is 2. The van der Waals surface area contributed by atoms with Crippen LogP contribution in [0.3, 0.4) is 0 Å². The molecule has 0 radical (unpaired) electrons. The van der Waals surface area contributed by atoms with Crippen molar-refractivity contribution in [3.8, 4) is 0 Å². The van der Waals surface area contributed by atoms with Gasteiger partial charge in [0.1, 0.15) is 0 Å². The van der Waals surface area contributed by atoms with Gasteiger partial charge >= 0.3 is 0 Å². The van der Waals surface area contributed by atoms with Crippen LogP contribution in [0.15, 0.2) is 60.7 Å². The maximum Gasteiger partial charge on any atom is 0.270 e. The number of benzene rings is 3. The number of ketones is 1. The molecule has 0 fully saturated rings. The number of fused-ring (bicyclic) bond motifs is 1. The van der Waals surface area contributed by atoms with Crippen molar-refractivity contribution in [2.24, 2.45) is 0 Å². The third-order valence-corrected chi connectivity index (χ3v) is 5.15. The van der Waals surface area contributed by atoms with E-state index in [9.17, 15) is 34.4 Å². The maximum atomic E-state index is 13.0. The van der Waals surface area contributed by atoms with Gasteiger partial charge in [-0.25, -0.2) is 4.90 Å². The molecule has 0 aliphatic carbocycles. The molecule has 4 rings (SSSR count). The number of carboxylic acid groups (broad SMARTS) is 1. The van der Waals surface area contributed by atoms with Crippen LogP contribution in [0.1, 0.15) is 52.6 Å². The summed E-state index contributed by atoms with van der Waals surface area (Å²) in [5.74, 6) is -3.37. The van der Waals surface area contributed by atoms with Crippen molar-refractivity contribution in [1.29, 1.82) is 0 Å². The summed E-state index contributed by atoms with van der Waals surface area (Å²) < 4.78 is 0. The molecule has 9 nitrogen and oxygen atoms in total. The average molecular weight is 429 g/mol. The lowest BCUT2D eigenvalue weighted by molar-refractivity contribution is -0.384. The summed E-state index contributed by atoms with van der Waals surface area (Å²) in [6, 6.07) is 13.1. The summed E-state index contributed by atoms with van der Waals surface area (Å²) in [5, 5.41) is 22.2. The Morgan fingerprint density at radius 2 is 1.50 bits per heavy atom. The molecule has 0 saturated carbocycles. The first-order valence-electron chi connectivity index (χ1n) is 9.33. The third-order valence-electron chi connectivity index (χ3n) is 5.15. The van der Waals surface area contributed by atoms with E-state index in [1.54, 1.807) is 6.92 Å². The molecule has 2 amide bonds. The highest BCUT2D eigenvalue weighted by molar-refractivity contribution is 6.35. The summed E-state index contributed by atoms with van der Waals surface area (Å²) in [4.78, 5) is 61.2. The van der Waals surface area contributed by atoms with E-state index in [0.717, 1.165) is 11.0 Å². The number of aromatic carboxylic acids is 1. The molecule has 32 heavy (non-hydrogen) atoms. The van der Waals surface area contributed by atoms with Crippen molar-refractivity contribution in [1.82, 2.24) is 0 Å². The standard InChI is InChI=1S/C23H14N2O7/c1-12-5-6-15(23(29)30)11-19(12)24-21(27)17-8-7-14(10-18(17)22(24)28)20(26)13-3-2-4-16(9-13)25(31)32/h2-11H,1H3,(H,29,30)/p-1. The zero-order valence-corrected chi connectivity index (χ0v) is 16.5. The van der Waals surface area contributed by atoms with Gasteiger partial charge < -0.3 is 9.90 Å². The molecule has 158 valence electrons. The number of nitro groups is 1. The molecular formula is C23H13N2O7-. The second-order valence-electron chi connectivity index (χ2n) is 7.13. The van der Waals surface area contributed by atoms with E-state index in [-0.39, 0.29) is 39.2 Å². The van der Waals surface area contributed by atoms with E-state index in [1.165, 1.54) is 54.6 Å². The zero-order chi connectivity index (χ0) is 23.2. The van der Waals surface area contributed by atoms with Gasteiger partial charge in [0.2, 0.25) is 0 Å². The fourth-order valence-corrected chi connectivity index (χ4v) is 3.51. The van der Waals surface area contributed by atoms with Crippen molar-refractivity contribution >= 4 is 34.9 Å². The van der Waals surface area contributed by atoms with Crippen molar-refractivity contribution in [3.05, 3.63) is 104 Å². The number of rotatable bonds is 5. The number of carboxylic acids is 1. The predicted octanol–water partition coefficient (Wildman–Crippen LogP) is 2.30. The minimum absolute atomic E-state index is 0.0236. The number of carbonyl (C=O) groups is 4. The number of imide groups is 1. The number of carbonyl (C=O) groups excluding carboxylic acids is 4. The van der Waals surface area contributed by atoms with Crippen molar-refractivity contribution < 1.29 is 29.2 Å². The summed E-state index contributed by atoms with van der Waals surface area (Å²) >= 11 is 0. The van der Waals surface area contributed by atoms with Crippen LogP contribution < -0.4 is 10.0 Å².